The topological polar surface area (TPSA) is 0 Å². The van der Waals surface area contributed by atoms with E-state index in [-0.39, 0.29) is 0 Å². The van der Waals surface area contributed by atoms with Crippen molar-refractivity contribution in [3.05, 3.63) is 0 Å². The zero-order valence-electron chi connectivity index (χ0n) is 2.90. The van der Waals surface area contributed by atoms with Gasteiger partial charge in [0, 0.05) is 0 Å². The Kier molecular flexibility index (Phi) is 4.07. The molecule has 44 valence electrons. The van der Waals surface area contributed by atoms with Gasteiger partial charge in [0.05, 0.1) is 0 Å². The molecule has 0 saturated carbocycles. The zero-order valence-corrected chi connectivity index (χ0v) is 8.69. The third-order valence-electron chi connectivity index (χ3n) is 0.172. The average molecular weight is 225 g/mol. The van der Waals surface area contributed by atoms with Crippen molar-refractivity contribution in [3.63, 3.8) is 0 Å². The van der Waals surface area contributed by atoms with Gasteiger partial charge in [0.1, 0.15) is 0 Å². The lowest BCUT2D eigenvalue weighted by molar-refractivity contribution is 5.54. The Morgan fingerprint density at radius 2 is 1.43 bits per heavy atom. The highest BCUT2D eigenvalue weighted by atomic mass is 33.9. The lowest BCUT2D eigenvalue weighted by atomic mass is 30.2. The lowest BCUT2D eigenvalue weighted by Gasteiger charge is -2.01. The van der Waals surface area contributed by atoms with Crippen molar-refractivity contribution in [1.82, 2.24) is 0 Å². The minimum atomic E-state index is -1.72. The molecule has 0 aromatic rings. The largest absolute Gasteiger partial charge is 0.272 e. The summed E-state index contributed by atoms with van der Waals surface area (Å²) in [6.45, 7) is 0. The van der Waals surface area contributed by atoms with Gasteiger partial charge in [-0.3, -0.25) is 7.05 Å². The van der Waals surface area contributed by atoms with Crippen molar-refractivity contribution < 1.29 is 0 Å². The Labute approximate surface area is 67.9 Å². The molecule has 0 aromatic carbocycles. The molecule has 0 aliphatic heterocycles. The van der Waals surface area contributed by atoms with Gasteiger partial charge < -0.3 is 0 Å². The Balaban J connectivity index is 4.82. The van der Waals surface area contributed by atoms with E-state index in [2.05, 4.69) is 56.4 Å². The SMILES string of the molecule is S=[S-](=S)S(=S)(=S)S. The molecule has 0 aromatic heterocycles. The van der Waals surface area contributed by atoms with E-state index in [0.717, 1.165) is 0 Å². The van der Waals surface area contributed by atoms with Crippen molar-refractivity contribution in [2.24, 2.45) is 0 Å². The third kappa shape index (κ3) is 4.43. The van der Waals surface area contributed by atoms with Crippen LogP contribution in [0.4, 0.5) is 0 Å². The van der Waals surface area contributed by atoms with Gasteiger partial charge in [-0.25, -0.2) is 22.4 Å². The molecule has 0 amide bonds. The smallest absolute Gasteiger partial charge is 0.0575 e. The second kappa shape index (κ2) is 3.19. The van der Waals surface area contributed by atoms with Crippen LogP contribution in [0, 0.1) is 0 Å². The van der Waals surface area contributed by atoms with Gasteiger partial charge in [0.25, 0.3) is 0 Å². The Bertz CT molecular complexity index is 188. The molecule has 0 rings (SSSR count). The number of hydrogen-bond donors (Lipinski definition) is 1. The van der Waals surface area contributed by atoms with Gasteiger partial charge in [0.2, 0.25) is 0 Å². The first-order valence-electron chi connectivity index (χ1n) is 1.02. The molecule has 7 heteroatoms. The highest BCUT2D eigenvalue weighted by molar-refractivity contribution is 9.25. The summed E-state index contributed by atoms with van der Waals surface area (Å²) in [7, 11) is -0.689. The van der Waals surface area contributed by atoms with Crippen LogP contribution in [0.25, 0.3) is 0 Å². The van der Waals surface area contributed by atoms with Crippen LogP contribution in [0.5, 0.6) is 0 Å². The van der Waals surface area contributed by atoms with Crippen molar-refractivity contribution in [3.8, 4) is 0 Å². The van der Waals surface area contributed by atoms with Gasteiger partial charge in [-0.1, -0.05) is 22.4 Å². The highest BCUT2D eigenvalue weighted by Gasteiger charge is 1.70. The Morgan fingerprint density at radius 3 is 1.43 bits per heavy atom. The van der Waals surface area contributed by atoms with E-state index in [1.165, 1.54) is 0 Å². The molecule has 0 radical (unpaired) electrons. The maximum absolute atomic E-state index is 4.68. The summed E-state index contributed by atoms with van der Waals surface area (Å²) in [6.07, 6.45) is 0. The highest BCUT2D eigenvalue weighted by Crippen LogP contribution is 1.96. The summed E-state index contributed by atoms with van der Waals surface area (Å²) >= 11 is 22.4. The normalized spacial score (nSPS) is 12.3. The number of thiol groups is 1. The lowest BCUT2D eigenvalue weighted by Crippen LogP contribution is -1.79. The minimum Gasteiger partial charge on any atom is -0.272 e. The summed E-state index contributed by atoms with van der Waals surface area (Å²) in [6, 6.07) is 0. The van der Waals surface area contributed by atoms with Gasteiger partial charge in [-0.05, 0) is 0 Å². The van der Waals surface area contributed by atoms with Crippen LogP contribution >= 0.6 is 11.7 Å². The summed E-state index contributed by atoms with van der Waals surface area (Å²) < 4.78 is 0. The van der Waals surface area contributed by atoms with E-state index >= 15 is 0 Å². The molecule has 0 saturated heterocycles. The van der Waals surface area contributed by atoms with Crippen molar-refractivity contribution in [1.29, 1.82) is 0 Å². The molecule has 0 unspecified atom stereocenters. The van der Waals surface area contributed by atoms with E-state index in [1.807, 2.05) is 0 Å². The average Bonchev–Trinajstić information content (AvgIpc) is 1.31. The predicted octanol–water partition coefficient (Wildman–Crippen LogP) is 0.366. The van der Waals surface area contributed by atoms with Crippen LogP contribution in [0.1, 0.15) is 0 Å². The fourth-order valence-corrected chi connectivity index (χ4v) is 0. The zero-order chi connectivity index (χ0) is 6.08. The van der Waals surface area contributed by atoms with E-state index in [1.54, 1.807) is 0 Å². The quantitative estimate of drug-likeness (QED) is 0.389. The predicted molar refractivity (Wildman–Crippen MR) is 53.2 cm³/mol. The monoisotopic (exact) mass is 225 g/mol. The molecule has 0 bridgehead atoms. The molecule has 0 nitrogen and oxygen atoms in total. The summed E-state index contributed by atoms with van der Waals surface area (Å²) in [5.41, 5.74) is 0. The fraction of sp³-hybridized carbons (Fsp3) is 0. The molecule has 0 aliphatic carbocycles. The van der Waals surface area contributed by atoms with Crippen molar-refractivity contribution >= 4 is 68.7 Å². The van der Waals surface area contributed by atoms with Crippen LogP contribution in [0.2, 0.25) is 0 Å². The number of hydrogen-bond acceptors (Lipinski definition) is 5. The molecular weight excluding hydrogens is 224 g/mol. The van der Waals surface area contributed by atoms with E-state index in [4.69, 9.17) is 0 Å². The molecule has 0 spiro atoms. The molecule has 0 atom stereocenters. The fourth-order valence-electron chi connectivity index (χ4n) is 0. The standard InChI is InChI=1S/HS7/c1-6(2)7(3,4)5/h(H,3,4,5)/q-1. The second-order valence-electron chi connectivity index (χ2n) is 0.632. The second-order valence-corrected chi connectivity index (χ2v) is 17.1. The van der Waals surface area contributed by atoms with Crippen molar-refractivity contribution in [2.75, 3.05) is 0 Å². The van der Waals surface area contributed by atoms with Gasteiger partial charge >= 0.3 is 0 Å². The molecule has 0 heterocycles. The first kappa shape index (κ1) is 8.93. The minimum absolute atomic E-state index is 0.689. The van der Waals surface area contributed by atoms with Crippen LogP contribution in [0.3, 0.4) is 0 Å². The first-order chi connectivity index (χ1) is 2.94. The first-order valence-corrected chi connectivity index (χ1v) is 9.14. The van der Waals surface area contributed by atoms with Crippen LogP contribution in [0.15, 0.2) is 0 Å². The Morgan fingerprint density at radius 1 is 1.29 bits per heavy atom. The third-order valence-corrected chi connectivity index (χ3v) is 13.9. The number of rotatable bonds is 1. The molecule has 0 fully saturated rings. The van der Waals surface area contributed by atoms with E-state index < -0.39 is 12.3 Å². The van der Waals surface area contributed by atoms with Gasteiger partial charge in [-0.2, -0.15) is 0 Å². The molecule has 0 aliphatic rings. The van der Waals surface area contributed by atoms with Crippen LogP contribution in [-0.4, -0.2) is 0 Å². The maximum atomic E-state index is 4.68. The molecular formula is HS7-. The summed E-state index contributed by atoms with van der Waals surface area (Å²) in [4.78, 5) is 0. The molecule has 0 N–H and O–H groups in total. The van der Waals surface area contributed by atoms with Gasteiger partial charge in [0.15, 0.2) is 0 Å². The van der Waals surface area contributed by atoms with Crippen LogP contribution in [-0.2, 0) is 57.0 Å². The summed E-state index contributed by atoms with van der Waals surface area (Å²) in [5.74, 6) is 0. The van der Waals surface area contributed by atoms with E-state index in [0.29, 0.717) is 0 Å². The van der Waals surface area contributed by atoms with Gasteiger partial charge in [-0.15, -0.1) is 16.9 Å². The van der Waals surface area contributed by atoms with Crippen LogP contribution < -0.4 is 0 Å². The van der Waals surface area contributed by atoms with Crippen molar-refractivity contribution in [2.45, 2.75) is 0 Å². The summed E-state index contributed by atoms with van der Waals surface area (Å²) in [5, 5.41) is -1.72. The van der Waals surface area contributed by atoms with E-state index in [9.17, 15) is 0 Å². The Hall–Kier alpha value is 1.93. The molecule has 7 heavy (non-hydrogen) atoms. The maximum Gasteiger partial charge on any atom is -0.0575 e.